The lowest BCUT2D eigenvalue weighted by molar-refractivity contribution is 0.124. The van der Waals surface area contributed by atoms with Gasteiger partial charge in [0.05, 0.1) is 12.7 Å². The third-order valence-corrected chi connectivity index (χ3v) is 3.09. The van der Waals surface area contributed by atoms with E-state index in [4.69, 9.17) is 9.47 Å². The highest BCUT2D eigenvalue weighted by Gasteiger charge is 2.09. The number of carbonyl (C=O) groups is 1. The molecule has 0 aromatic carbocycles. The molecule has 0 aromatic heterocycles. The van der Waals surface area contributed by atoms with Crippen LogP contribution in [0.1, 0.15) is 33.1 Å². The summed E-state index contributed by atoms with van der Waals surface area (Å²) in [6, 6.07) is 0. The topological polar surface area (TPSA) is 47.6 Å². The maximum Gasteiger partial charge on any atom is 0.407 e. The zero-order valence-corrected chi connectivity index (χ0v) is 12.1. The zero-order valence-electron chi connectivity index (χ0n) is 12.1. The number of allylic oxidation sites excluding steroid dienone is 2. The number of hydrogen-bond donors (Lipinski definition) is 1. The Balaban J connectivity index is 2.65. The lowest BCUT2D eigenvalue weighted by atomic mass is 10.00. The van der Waals surface area contributed by atoms with E-state index in [1.54, 1.807) is 7.11 Å². The maximum absolute atomic E-state index is 11.4. The van der Waals surface area contributed by atoms with Gasteiger partial charge in [-0.15, -0.1) is 0 Å². The first-order chi connectivity index (χ1) is 9.11. The van der Waals surface area contributed by atoms with E-state index in [-0.39, 0.29) is 12.2 Å². The Morgan fingerprint density at radius 1 is 1.47 bits per heavy atom. The molecule has 0 aromatic rings. The number of methoxy groups -OCH3 is 1. The quantitative estimate of drug-likeness (QED) is 0.743. The second-order valence-electron chi connectivity index (χ2n) is 5.06. The molecule has 1 aliphatic heterocycles. The lowest BCUT2D eigenvalue weighted by Crippen LogP contribution is -2.26. The van der Waals surface area contributed by atoms with Crippen molar-refractivity contribution in [3.63, 3.8) is 0 Å². The van der Waals surface area contributed by atoms with E-state index in [0.717, 1.165) is 24.8 Å². The van der Waals surface area contributed by atoms with Crippen molar-refractivity contribution < 1.29 is 14.3 Å². The van der Waals surface area contributed by atoms with Crippen molar-refractivity contribution in [2.75, 3.05) is 20.3 Å². The molecule has 4 nitrogen and oxygen atoms in total. The Morgan fingerprint density at radius 2 is 2.26 bits per heavy atom. The average Bonchev–Trinajstić information content (AvgIpc) is 2.38. The van der Waals surface area contributed by atoms with Crippen molar-refractivity contribution in [1.29, 1.82) is 0 Å². The molecule has 0 radical (unpaired) electrons. The van der Waals surface area contributed by atoms with Crippen molar-refractivity contribution in [1.82, 2.24) is 5.32 Å². The van der Waals surface area contributed by atoms with Crippen LogP contribution in [0.3, 0.4) is 0 Å². The van der Waals surface area contributed by atoms with Crippen LogP contribution in [0, 0.1) is 5.92 Å². The van der Waals surface area contributed by atoms with Crippen LogP contribution in [0.25, 0.3) is 0 Å². The summed E-state index contributed by atoms with van der Waals surface area (Å²) >= 11 is 0. The third kappa shape index (κ3) is 7.01. The van der Waals surface area contributed by atoms with Crippen molar-refractivity contribution in [3.8, 4) is 0 Å². The average molecular weight is 267 g/mol. The Labute approximate surface area is 115 Å². The smallest absolute Gasteiger partial charge is 0.407 e. The van der Waals surface area contributed by atoms with E-state index in [9.17, 15) is 4.79 Å². The SMILES string of the molecule is COC1/C=C/CCCOC(=O)NC/C(C)=C\C(C)C1. The number of alkyl carbamates (subject to hydrolysis) is 1. The van der Waals surface area contributed by atoms with Gasteiger partial charge in [-0.05, 0) is 32.1 Å². The number of hydrogen-bond acceptors (Lipinski definition) is 3. The van der Waals surface area contributed by atoms with E-state index < -0.39 is 0 Å². The van der Waals surface area contributed by atoms with Crippen LogP contribution < -0.4 is 5.32 Å². The Hall–Kier alpha value is -1.29. The Bertz CT molecular complexity index is 336. The molecule has 2 unspecified atom stereocenters. The minimum atomic E-state index is -0.337. The molecule has 0 bridgehead atoms. The van der Waals surface area contributed by atoms with Crippen LogP contribution in [0.4, 0.5) is 4.79 Å². The summed E-state index contributed by atoms with van der Waals surface area (Å²) in [7, 11) is 1.74. The third-order valence-electron chi connectivity index (χ3n) is 3.09. The summed E-state index contributed by atoms with van der Waals surface area (Å²) in [6.07, 6.45) is 8.88. The molecule has 0 saturated carbocycles. The van der Waals surface area contributed by atoms with Crippen molar-refractivity contribution in [2.45, 2.75) is 39.2 Å². The fourth-order valence-corrected chi connectivity index (χ4v) is 2.11. The van der Waals surface area contributed by atoms with E-state index >= 15 is 0 Å². The van der Waals surface area contributed by atoms with Crippen molar-refractivity contribution >= 4 is 6.09 Å². The monoisotopic (exact) mass is 267 g/mol. The van der Waals surface area contributed by atoms with Gasteiger partial charge in [0.15, 0.2) is 0 Å². The molecule has 1 rings (SSSR count). The number of nitrogens with one attached hydrogen (secondary N) is 1. The molecule has 2 atom stereocenters. The zero-order chi connectivity index (χ0) is 14.1. The molecule has 0 aliphatic carbocycles. The summed E-state index contributed by atoms with van der Waals surface area (Å²) in [6.45, 7) is 5.16. The number of ether oxygens (including phenoxy) is 2. The molecular formula is C15H25NO3. The van der Waals surface area contributed by atoms with Crippen LogP contribution in [-0.4, -0.2) is 32.5 Å². The number of carbonyl (C=O) groups excluding carboxylic acids is 1. The van der Waals surface area contributed by atoms with E-state index in [1.165, 1.54) is 0 Å². The highest BCUT2D eigenvalue weighted by Crippen LogP contribution is 2.14. The highest BCUT2D eigenvalue weighted by atomic mass is 16.5. The van der Waals surface area contributed by atoms with Crippen LogP contribution in [0.15, 0.2) is 23.8 Å². The summed E-state index contributed by atoms with van der Waals surface area (Å²) < 4.78 is 10.5. The molecule has 1 aliphatic rings. The molecule has 1 amide bonds. The van der Waals surface area contributed by atoms with Crippen LogP contribution in [0.2, 0.25) is 0 Å². The van der Waals surface area contributed by atoms with E-state index in [0.29, 0.717) is 19.1 Å². The Kier molecular flexibility index (Phi) is 7.26. The van der Waals surface area contributed by atoms with E-state index in [1.807, 2.05) is 6.92 Å². The second kappa shape index (κ2) is 8.75. The van der Waals surface area contributed by atoms with Gasteiger partial charge in [-0.25, -0.2) is 4.79 Å². The number of amides is 1. The molecule has 19 heavy (non-hydrogen) atoms. The van der Waals surface area contributed by atoms with Gasteiger partial charge in [-0.2, -0.15) is 0 Å². The van der Waals surface area contributed by atoms with Crippen LogP contribution >= 0.6 is 0 Å². The maximum atomic E-state index is 11.4. The fraction of sp³-hybridized carbons (Fsp3) is 0.667. The normalized spacial score (nSPS) is 31.3. The summed E-state index contributed by atoms with van der Waals surface area (Å²) in [5.74, 6) is 0.412. The first kappa shape index (κ1) is 15.8. The number of rotatable bonds is 1. The predicted octanol–water partition coefficient (Wildman–Crippen LogP) is 3.05. The van der Waals surface area contributed by atoms with Gasteiger partial charge in [-0.1, -0.05) is 30.7 Å². The number of cyclic esters (lactones) is 1. The van der Waals surface area contributed by atoms with Gasteiger partial charge in [0.1, 0.15) is 0 Å². The summed E-state index contributed by atoms with van der Waals surface area (Å²) in [4.78, 5) is 11.4. The molecule has 1 heterocycles. The lowest BCUT2D eigenvalue weighted by Gasteiger charge is -2.16. The summed E-state index contributed by atoms with van der Waals surface area (Å²) in [5.41, 5.74) is 1.14. The van der Waals surface area contributed by atoms with Gasteiger partial charge in [0, 0.05) is 13.7 Å². The van der Waals surface area contributed by atoms with Gasteiger partial charge in [-0.3, -0.25) is 0 Å². The molecular weight excluding hydrogens is 242 g/mol. The molecule has 1 N–H and O–H groups in total. The van der Waals surface area contributed by atoms with Gasteiger partial charge in [0.25, 0.3) is 0 Å². The van der Waals surface area contributed by atoms with Crippen molar-refractivity contribution in [2.24, 2.45) is 5.92 Å². The fourth-order valence-electron chi connectivity index (χ4n) is 2.11. The highest BCUT2D eigenvalue weighted by molar-refractivity contribution is 5.67. The van der Waals surface area contributed by atoms with Gasteiger partial charge >= 0.3 is 6.09 Å². The standard InChI is InChI=1S/C15H25NO3/c1-12-9-13(2)11-16-15(17)19-8-6-4-5-7-14(10-12)18-3/h5,7,9,12,14H,4,6,8,10-11H2,1-3H3,(H,16,17)/b7-5+,13-9-. The molecule has 0 fully saturated rings. The first-order valence-corrected chi connectivity index (χ1v) is 6.89. The van der Waals surface area contributed by atoms with Gasteiger partial charge < -0.3 is 14.8 Å². The molecule has 108 valence electrons. The Morgan fingerprint density at radius 3 is 3.00 bits per heavy atom. The van der Waals surface area contributed by atoms with Crippen molar-refractivity contribution in [3.05, 3.63) is 23.8 Å². The minimum absolute atomic E-state index is 0.150. The molecule has 0 saturated heterocycles. The first-order valence-electron chi connectivity index (χ1n) is 6.89. The van der Waals surface area contributed by atoms with E-state index in [2.05, 4.69) is 30.5 Å². The predicted molar refractivity (Wildman–Crippen MR) is 76.1 cm³/mol. The minimum Gasteiger partial charge on any atom is -0.450 e. The largest absolute Gasteiger partial charge is 0.450 e. The van der Waals surface area contributed by atoms with Gasteiger partial charge in [0.2, 0.25) is 0 Å². The summed E-state index contributed by atoms with van der Waals surface area (Å²) in [5, 5.41) is 2.75. The molecule has 4 heteroatoms. The molecule has 0 spiro atoms. The van der Waals surface area contributed by atoms with Crippen LogP contribution in [0.5, 0.6) is 0 Å². The van der Waals surface area contributed by atoms with Crippen LogP contribution in [-0.2, 0) is 9.47 Å². The second-order valence-corrected chi connectivity index (χ2v) is 5.06.